The summed E-state index contributed by atoms with van der Waals surface area (Å²) in [6.45, 7) is 5.97. The largest absolute Gasteiger partial charge is 0.341 e. The molecule has 4 fully saturated rings. The molecule has 0 aromatic carbocycles. The Balaban J connectivity index is 0.00000210. The van der Waals surface area contributed by atoms with Gasteiger partial charge in [0, 0.05) is 58.3 Å². The van der Waals surface area contributed by atoms with Crippen molar-refractivity contribution in [2.75, 3.05) is 45.8 Å². The zero-order valence-electron chi connectivity index (χ0n) is 15.9. The van der Waals surface area contributed by atoms with Crippen molar-refractivity contribution in [3.05, 3.63) is 0 Å². The van der Waals surface area contributed by atoms with E-state index in [1.165, 1.54) is 4.90 Å². The van der Waals surface area contributed by atoms with E-state index in [0.29, 0.717) is 6.04 Å². The van der Waals surface area contributed by atoms with E-state index in [4.69, 9.17) is 0 Å². The maximum Gasteiger partial charge on any atom is 0.233 e. The summed E-state index contributed by atoms with van der Waals surface area (Å²) < 4.78 is 0. The van der Waals surface area contributed by atoms with Gasteiger partial charge in [0.2, 0.25) is 17.7 Å². The first kappa shape index (κ1) is 20.6. The first-order valence-corrected chi connectivity index (χ1v) is 10.2. The Kier molecular flexibility index (Phi) is 6.76. The normalized spacial score (nSPS) is 31.8. The molecule has 0 spiro atoms. The first-order valence-electron chi connectivity index (χ1n) is 10.2. The molecule has 1 N–H and O–H groups in total. The number of carbonyl (C=O) groups excluding carboxylic acids is 3. The summed E-state index contributed by atoms with van der Waals surface area (Å²) >= 11 is 0. The third kappa shape index (κ3) is 4.15. The zero-order chi connectivity index (χ0) is 18.1. The lowest BCUT2D eigenvalue weighted by Gasteiger charge is -2.32. The lowest BCUT2D eigenvalue weighted by molar-refractivity contribution is -0.140. The summed E-state index contributed by atoms with van der Waals surface area (Å²) in [6, 6.07) is 0.457. The number of amides is 3. The number of carbonyl (C=O) groups is 3. The topological polar surface area (TPSA) is 73.0 Å². The first-order chi connectivity index (χ1) is 12.6. The van der Waals surface area contributed by atoms with Gasteiger partial charge in [0.1, 0.15) is 0 Å². The smallest absolute Gasteiger partial charge is 0.233 e. The van der Waals surface area contributed by atoms with E-state index in [1.54, 1.807) is 0 Å². The molecule has 27 heavy (non-hydrogen) atoms. The Bertz CT molecular complexity index is 557. The molecule has 3 saturated heterocycles. The van der Waals surface area contributed by atoms with Crippen LogP contribution in [0, 0.1) is 11.8 Å². The number of halogens is 1. The summed E-state index contributed by atoms with van der Waals surface area (Å²) in [5, 5.41) is 3.36. The molecule has 3 amide bonds. The molecule has 1 saturated carbocycles. The highest BCUT2D eigenvalue weighted by molar-refractivity contribution is 6.05. The van der Waals surface area contributed by atoms with Crippen molar-refractivity contribution in [2.24, 2.45) is 11.8 Å². The van der Waals surface area contributed by atoms with Crippen LogP contribution in [-0.2, 0) is 14.4 Å². The van der Waals surface area contributed by atoms with Crippen molar-refractivity contribution in [2.45, 2.75) is 44.6 Å². The fraction of sp³-hybridized carbons (Fsp3) is 0.842. The number of hydrogen-bond acceptors (Lipinski definition) is 5. The van der Waals surface area contributed by atoms with Crippen molar-refractivity contribution in [3.8, 4) is 0 Å². The van der Waals surface area contributed by atoms with Gasteiger partial charge in [-0.15, -0.1) is 12.4 Å². The van der Waals surface area contributed by atoms with Gasteiger partial charge in [-0.1, -0.05) is 12.8 Å². The van der Waals surface area contributed by atoms with E-state index in [0.717, 1.165) is 71.4 Å². The molecule has 3 atom stereocenters. The fourth-order valence-electron chi connectivity index (χ4n) is 5.13. The molecular formula is C19H31ClN4O3. The van der Waals surface area contributed by atoms with Crippen LogP contribution in [0.4, 0.5) is 0 Å². The van der Waals surface area contributed by atoms with Crippen LogP contribution in [0.1, 0.15) is 38.5 Å². The quantitative estimate of drug-likeness (QED) is 0.697. The molecule has 152 valence electrons. The van der Waals surface area contributed by atoms with Gasteiger partial charge >= 0.3 is 0 Å². The second kappa shape index (κ2) is 8.88. The number of likely N-dealkylation sites (tertiary alicyclic amines) is 2. The molecular weight excluding hydrogens is 368 g/mol. The molecule has 8 heteroatoms. The van der Waals surface area contributed by atoms with Crippen LogP contribution >= 0.6 is 12.4 Å². The maximum absolute atomic E-state index is 12.6. The molecule has 4 rings (SSSR count). The van der Waals surface area contributed by atoms with Crippen LogP contribution in [0.25, 0.3) is 0 Å². The van der Waals surface area contributed by atoms with E-state index in [-0.39, 0.29) is 54.9 Å². The number of nitrogens with zero attached hydrogens (tertiary/aromatic N) is 3. The van der Waals surface area contributed by atoms with Crippen molar-refractivity contribution >= 4 is 30.1 Å². The van der Waals surface area contributed by atoms with E-state index >= 15 is 0 Å². The SMILES string of the molecule is Cl.O=C(CCN1C(=O)C2CCCCC2C1=O)N1CCC(N2CCNCC2)C1. The predicted octanol–water partition coefficient (Wildman–Crippen LogP) is 0.480. The van der Waals surface area contributed by atoms with Gasteiger partial charge in [0.25, 0.3) is 0 Å². The maximum atomic E-state index is 12.6. The molecule has 0 radical (unpaired) electrons. The average molecular weight is 399 g/mol. The second-order valence-corrected chi connectivity index (χ2v) is 8.14. The Morgan fingerprint density at radius 3 is 2.22 bits per heavy atom. The van der Waals surface area contributed by atoms with Crippen molar-refractivity contribution < 1.29 is 14.4 Å². The summed E-state index contributed by atoms with van der Waals surface area (Å²) in [6.07, 6.45) is 5.03. The van der Waals surface area contributed by atoms with E-state index in [1.807, 2.05) is 4.90 Å². The Hall–Kier alpha value is -1.18. The highest BCUT2D eigenvalue weighted by atomic mass is 35.5. The Morgan fingerprint density at radius 2 is 1.59 bits per heavy atom. The van der Waals surface area contributed by atoms with Gasteiger partial charge in [-0.05, 0) is 19.3 Å². The standard InChI is InChI=1S/C19H30N4O3.ClH/c24-17(22-9-5-14(13-22)21-11-7-20-8-12-21)6-10-23-18(25)15-3-1-2-4-16(15)19(23)26;/h14-16,20H,1-13H2;1H. The minimum Gasteiger partial charge on any atom is -0.341 e. The summed E-state index contributed by atoms with van der Waals surface area (Å²) in [7, 11) is 0. The van der Waals surface area contributed by atoms with E-state index in [2.05, 4.69) is 10.2 Å². The van der Waals surface area contributed by atoms with Crippen LogP contribution in [0.3, 0.4) is 0 Å². The van der Waals surface area contributed by atoms with Crippen LogP contribution in [0.15, 0.2) is 0 Å². The number of piperazine rings is 1. The number of imide groups is 1. The van der Waals surface area contributed by atoms with Gasteiger partial charge in [-0.3, -0.25) is 24.2 Å². The number of fused-ring (bicyclic) bond motifs is 1. The number of nitrogens with one attached hydrogen (secondary N) is 1. The molecule has 3 heterocycles. The Labute approximate surface area is 167 Å². The van der Waals surface area contributed by atoms with Gasteiger partial charge in [-0.2, -0.15) is 0 Å². The van der Waals surface area contributed by atoms with Gasteiger partial charge < -0.3 is 10.2 Å². The second-order valence-electron chi connectivity index (χ2n) is 8.14. The molecule has 7 nitrogen and oxygen atoms in total. The Morgan fingerprint density at radius 1 is 0.963 bits per heavy atom. The lowest BCUT2D eigenvalue weighted by atomic mass is 9.81. The van der Waals surface area contributed by atoms with Gasteiger partial charge in [0.15, 0.2) is 0 Å². The monoisotopic (exact) mass is 398 g/mol. The highest BCUT2D eigenvalue weighted by Crippen LogP contribution is 2.38. The zero-order valence-corrected chi connectivity index (χ0v) is 16.7. The van der Waals surface area contributed by atoms with Gasteiger partial charge in [0.05, 0.1) is 11.8 Å². The van der Waals surface area contributed by atoms with Crippen molar-refractivity contribution in [1.29, 1.82) is 0 Å². The molecule has 3 unspecified atom stereocenters. The van der Waals surface area contributed by atoms with Crippen LogP contribution in [-0.4, -0.2) is 84.3 Å². The van der Waals surface area contributed by atoms with Crippen molar-refractivity contribution in [3.63, 3.8) is 0 Å². The number of hydrogen-bond donors (Lipinski definition) is 1. The molecule has 3 aliphatic heterocycles. The fourth-order valence-corrected chi connectivity index (χ4v) is 5.13. The summed E-state index contributed by atoms with van der Waals surface area (Å²) in [5.41, 5.74) is 0. The summed E-state index contributed by atoms with van der Waals surface area (Å²) in [4.78, 5) is 43.4. The minimum absolute atomic E-state index is 0. The molecule has 0 aromatic rings. The summed E-state index contributed by atoms with van der Waals surface area (Å²) in [5.74, 6) is -0.219. The molecule has 1 aliphatic carbocycles. The van der Waals surface area contributed by atoms with E-state index < -0.39 is 0 Å². The van der Waals surface area contributed by atoms with Crippen LogP contribution in [0.2, 0.25) is 0 Å². The molecule has 4 aliphatic rings. The lowest BCUT2D eigenvalue weighted by Crippen LogP contribution is -2.49. The van der Waals surface area contributed by atoms with Gasteiger partial charge in [-0.25, -0.2) is 0 Å². The number of rotatable bonds is 4. The highest BCUT2D eigenvalue weighted by Gasteiger charge is 2.48. The third-order valence-corrected chi connectivity index (χ3v) is 6.67. The molecule has 0 bridgehead atoms. The van der Waals surface area contributed by atoms with Crippen LogP contribution in [0.5, 0.6) is 0 Å². The van der Waals surface area contributed by atoms with E-state index in [9.17, 15) is 14.4 Å². The van der Waals surface area contributed by atoms with Crippen LogP contribution < -0.4 is 5.32 Å². The average Bonchev–Trinajstić information content (AvgIpc) is 3.26. The predicted molar refractivity (Wildman–Crippen MR) is 103 cm³/mol. The van der Waals surface area contributed by atoms with Crippen molar-refractivity contribution in [1.82, 2.24) is 20.0 Å². The minimum atomic E-state index is -0.116. The molecule has 0 aromatic heterocycles. The third-order valence-electron chi connectivity index (χ3n) is 6.67.